The zero-order valence-electron chi connectivity index (χ0n) is 26.5. The lowest BCUT2D eigenvalue weighted by Gasteiger charge is -2.51. The maximum Gasteiger partial charge on any atom is 0.345 e. The predicted octanol–water partition coefficient (Wildman–Crippen LogP) is 5.05. The van der Waals surface area contributed by atoms with Crippen LogP contribution in [0.4, 0.5) is 5.69 Å². The van der Waals surface area contributed by atoms with Gasteiger partial charge in [-0.2, -0.15) is 0 Å². The van der Waals surface area contributed by atoms with Gasteiger partial charge in [-0.25, -0.2) is 19.2 Å². The molecular formula is C31H35NO10S3. The highest BCUT2D eigenvalue weighted by Gasteiger charge is 2.62. The van der Waals surface area contributed by atoms with Gasteiger partial charge in [0, 0.05) is 22.0 Å². The fourth-order valence-corrected chi connectivity index (χ4v) is 10.4. The third-order valence-corrected chi connectivity index (χ3v) is 12.3. The highest BCUT2D eigenvalue weighted by Crippen LogP contribution is 2.71. The number of carbonyl (C=O) groups is 5. The molecule has 0 unspecified atom stereocenters. The number of rotatable bonds is 8. The number of nitrogens with zero attached hydrogens (tertiary/aromatic N) is 1. The molecule has 1 atom stereocenters. The zero-order valence-corrected chi connectivity index (χ0v) is 28.9. The van der Waals surface area contributed by atoms with E-state index in [4.69, 9.17) is 23.7 Å². The number of anilines is 1. The lowest BCUT2D eigenvalue weighted by molar-refractivity contribution is -0.138. The van der Waals surface area contributed by atoms with E-state index in [-0.39, 0.29) is 32.1 Å². The molecule has 0 aliphatic carbocycles. The largest absolute Gasteiger partial charge is 0.494 e. The molecule has 11 nitrogen and oxygen atoms in total. The molecule has 0 fully saturated rings. The molecule has 0 saturated carbocycles. The van der Waals surface area contributed by atoms with Gasteiger partial charge in [0.1, 0.15) is 24.5 Å². The van der Waals surface area contributed by atoms with Crippen LogP contribution in [0, 0.1) is 5.92 Å². The number of thioether (sulfide) groups is 3. The fraction of sp³-hybridized carbons (Fsp3) is 0.452. The van der Waals surface area contributed by atoms with Crippen molar-refractivity contribution in [2.75, 3.05) is 39.9 Å². The number of amides is 1. The van der Waals surface area contributed by atoms with Crippen LogP contribution in [0.1, 0.15) is 46.6 Å². The molecule has 1 amide bonds. The van der Waals surface area contributed by atoms with Crippen molar-refractivity contribution in [3.8, 4) is 5.75 Å². The highest BCUT2D eigenvalue weighted by atomic mass is 32.2. The first kappa shape index (κ1) is 34.5. The molecule has 3 aliphatic heterocycles. The SMILES string of the molecule is CCOc1ccc2c(c1)C1=C(SC(C(=O)OC)=C(C(=O)OC)C13SC(C(=O)OC)=C(C(=O)OC)S3)C(C)(C)N2C(=O)[C@@H](C)CC. The number of ether oxygens (including phenoxy) is 5. The van der Waals surface area contributed by atoms with Gasteiger partial charge in [0.05, 0.1) is 51.8 Å². The number of fused-ring (bicyclic) bond motifs is 3. The Balaban J connectivity index is 2.19. The van der Waals surface area contributed by atoms with Crippen LogP contribution in [0.15, 0.2) is 43.4 Å². The average molecular weight is 678 g/mol. The summed E-state index contributed by atoms with van der Waals surface area (Å²) in [5, 5.41) is 0. The molecule has 0 radical (unpaired) electrons. The van der Waals surface area contributed by atoms with E-state index in [1.54, 1.807) is 23.1 Å². The second kappa shape index (κ2) is 13.2. The monoisotopic (exact) mass is 677 g/mol. The van der Waals surface area contributed by atoms with Crippen LogP contribution < -0.4 is 9.64 Å². The molecular weight excluding hydrogens is 643 g/mol. The van der Waals surface area contributed by atoms with Gasteiger partial charge in [0.2, 0.25) is 5.91 Å². The Bertz CT molecular complexity index is 1550. The second-order valence-electron chi connectivity index (χ2n) is 10.6. The minimum atomic E-state index is -1.66. The van der Waals surface area contributed by atoms with Gasteiger partial charge in [-0.1, -0.05) is 49.1 Å². The van der Waals surface area contributed by atoms with Crippen molar-refractivity contribution in [3.05, 3.63) is 49.0 Å². The minimum absolute atomic E-state index is 0.105. The molecule has 1 spiro atoms. The zero-order chi connectivity index (χ0) is 33.4. The quantitative estimate of drug-likeness (QED) is 0.269. The smallest absolute Gasteiger partial charge is 0.345 e. The maximum atomic E-state index is 14.1. The van der Waals surface area contributed by atoms with Crippen LogP contribution in [0.25, 0.3) is 5.57 Å². The minimum Gasteiger partial charge on any atom is -0.494 e. The van der Waals surface area contributed by atoms with Gasteiger partial charge in [-0.3, -0.25) is 4.79 Å². The summed E-state index contributed by atoms with van der Waals surface area (Å²) in [6, 6.07) is 5.30. The lowest BCUT2D eigenvalue weighted by Crippen LogP contribution is -2.55. The van der Waals surface area contributed by atoms with E-state index in [0.29, 0.717) is 40.5 Å². The van der Waals surface area contributed by atoms with Gasteiger partial charge in [0.25, 0.3) is 0 Å². The van der Waals surface area contributed by atoms with Gasteiger partial charge in [-0.05, 0) is 45.4 Å². The van der Waals surface area contributed by atoms with Crippen LogP contribution in [0.2, 0.25) is 0 Å². The van der Waals surface area contributed by atoms with Crippen LogP contribution in [-0.2, 0) is 42.9 Å². The number of methoxy groups -OCH3 is 4. The van der Waals surface area contributed by atoms with Crippen molar-refractivity contribution in [2.45, 2.75) is 50.7 Å². The summed E-state index contributed by atoms with van der Waals surface area (Å²) in [6.45, 7) is 9.66. The summed E-state index contributed by atoms with van der Waals surface area (Å²) in [5.74, 6) is -3.37. The topological polar surface area (TPSA) is 135 Å². The Morgan fingerprint density at radius 3 is 1.84 bits per heavy atom. The number of esters is 4. The normalized spacial score (nSPS) is 18.6. The molecule has 242 valence electrons. The van der Waals surface area contributed by atoms with Gasteiger partial charge in [-0.15, -0.1) is 0 Å². The van der Waals surface area contributed by atoms with E-state index in [9.17, 15) is 24.0 Å². The molecule has 3 aliphatic rings. The molecule has 0 bridgehead atoms. The standard InChI is InChI=1S/C31H35NO10S3/c1-10-15(3)25(33)32-18-13-12-16(42-11-2)14-17(18)19-24(30(32,4)5)43-21(27(35)39-7)20(26(34)38-6)31(19)44-22(28(36)40-8)23(45-31)29(37)41-9/h12-15H,10-11H2,1-9H3/t15-/m0/s1. The first-order chi connectivity index (χ1) is 21.3. The molecule has 14 heteroatoms. The summed E-state index contributed by atoms with van der Waals surface area (Å²) >= 11 is 2.75. The fourth-order valence-electron chi connectivity index (χ4n) is 5.34. The summed E-state index contributed by atoms with van der Waals surface area (Å²) in [5.41, 5.74) is 0.312. The number of hydrogen-bond acceptors (Lipinski definition) is 13. The van der Waals surface area contributed by atoms with E-state index in [1.807, 2.05) is 34.6 Å². The number of benzene rings is 1. The molecule has 45 heavy (non-hydrogen) atoms. The van der Waals surface area contributed by atoms with Crippen molar-refractivity contribution in [1.29, 1.82) is 0 Å². The molecule has 4 rings (SSSR count). The molecule has 0 saturated heterocycles. The molecule has 1 aromatic carbocycles. The number of hydrogen-bond donors (Lipinski definition) is 0. The predicted molar refractivity (Wildman–Crippen MR) is 173 cm³/mol. The Hall–Kier alpha value is -3.36. The van der Waals surface area contributed by atoms with Crippen molar-refractivity contribution in [1.82, 2.24) is 0 Å². The van der Waals surface area contributed by atoms with Gasteiger partial charge in [0.15, 0.2) is 0 Å². The third kappa shape index (κ3) is 5.54. The Morgan fingerprint density at radius 1 is 0.822 bits per heavy atom. The van der Waals surface area contributed by atoms with Crippen LogP contribution in [-0.4, -0.2) is 74.4 Å². The van der Waals surface area contributed by atoms with E-state index in [2.05, 4.69) is 0 Å². The average Bonchev–Trinajstić information content (AvgIpc) is 3.42. The van der Waals surface area contributed by atoms with E-state index in [1.165, 1.54) is 28.4 Å². The van der Waals surface area contributed by atoms with Gasteiger partial charge < -0.3 is 28.6 Å². The molecule has 1 aromatic rings. The molecule has 3 heterocycles. The van der Waals surface area contributed by atoms with Crippen LogP contribution >= 0.6 is 35.3 Å². The van der Waals surface area contributed by atoms with Crippen molar-refractivity contribution >= 4 is 76.3 Å². The summed E-state index contributed by atoms with van der Waals surface area (Å²) in [7, 11) is 4.70. The van der Waals surface area contributed by atoms with E-state index in [0.717, 1.165) is 35.3 Å². The highest BCUT2D eigenvalue weighted by molar-refractivity contribution is 8.26. The Kier molecular flexibility index (Phi) is 10.1. The van der Waals surface area contributed by atoms with Crippen LogP contribution in [0.3, 0.4) is 0 Å². The van der Waals surface area contributed by atoms with E-state index < -0.39 is 33.5 Å². The van der Waals surface area contributed by atoms with Crippen molar-refractivity contribution < 1.29 is 47.7 Å². The van der Waals surface area contributed by atoms with Crippen molar-refractivity contribution in [3.63, 3.8) is 0 Å². The molecule has 0 N–H and O–H groups in total. The summed E-state index contributed by atoms with van der Waals surface area (Å²) < 4.78 is 24.6. The maximum absolute atomic E-state index is 14.1. The van der Waals surface area contributed by atoms with Crippen LogP contribution in [0.5, 0.6) is 5.75 Å². The first-order valence-electron chi connectivity index (χ1n) is 14.0. The molecule has 0 aromatic heterocycles. The Morgan fingerprint density at radius 2 is 1.36 bits per heavy atom. The summed E-state index contributed by atoms with van der Waals surface area (Å²) in [4.78, 5) is 69.6. The number of carbonyl (C=O) groups excluding carboxylic acids is 5. The summed E-state index contributed by atoms with van der Waals surface area (Å²) in [6.07, 6.45) is 0.584. The van der Waals surface area contributed by atoms with E-state index >= 15 is 0 Å². The van der Waals surface area contributed by atoms with Crippen molar-refractivity contribution in [2.24, 2.45) is 5.92 Å². The third-order valence-electron chi connectivity index (χ3n) is 7.67. The second-order valence-corrected chi connectivity index (χ2v) is 14.3. The van der Waals surface area contributed by atoms with Gasteiger partial charge >= 0.3 is 23.9 Å². The first-order valence-corrected chi connectivity index (χ1v) is 16.5. The Labute approximate surface area is 274 Å². The lowest BCUT2D eigenvalue weighted by atomic mass is 9.82.